The first kappa shape index (κ1) is 23.5. The summed E-state index contributed by atoms with van der Waals surface area (Å²) in [5.41, 5.74) is 4.64. The molecule has 3 rings (SSSR count). The van der Waals surface area contributed by atoms with E-state index in [1.165, 1.54) is 15.4 Å². The summed E-state index contributed by atoms with van der Waals surface area (Å²) in [6, 6.07) is 16.0. The summed E-state index contributed by atoms with van der Waals surface area (Å²) in [5.74, 6) is -0.239. The van der Waals surface area contributed by atoms with Gasteiger partial charge in [0.05, 0.1) is 17.7 Å². The van der Waals surface area contributed by atoms with E-state index in [0.29, 0.717) is 19.4 Å². The fourth-order valence-electron chi connectivity index (χ4n) is 4.09. The summed E-state index contributed by atoms with van der Waals surface area (Å²) in [5, 5.41) is 3.09. The van der Waals surface area contributed by atoms with Crippen LogP contribution in [0.5, 0.6) is 0 Å². The molecular weight excluding hydrogens is 408 g/mol. The fraction of sp³-hybridized carbons (Fsp3) is 0.480. The molecule has 0 aromatic heterocycles. The first-order valence-electron chi connectivity index (χ1n) is 11.2. The Hall–Kier alpha value is -2.18. The number of amides is 1. The normalized spacial score (nSPS) is 18.5. The molecule has 1 saturated heterocycles. The topological polar surface area (TPSA) is 66.5 Å². The number of hydrogen-bond acceptors (Lipinski definition) is 3. The van der Waals surface area contributed by atoms with Crippen LogP contribution in [0.2, 0.25) is 0 Å². The van der Waals surface area contributed by atoms with Gasteiger partial charge in [-0.2, -0.15) is 0 Å². The molecule has 0 aliphatic carbocycles. The van der Waals surface area contributed by atoms with Gasteiger partial charge >= 0.3 is 0 Å². The molecule has 2 atom stereocenters. The minimum absolute atomic E-state index is 0.0603. The molecule has 0 radical (unpaired) electrons. The summed E-state index contributed by atoms with van der Waals surface area (Å²) < 4.78 is 27.2. The van der Waals surface area contributed by atoms with Crippen LogP contribution in [0.25, 0.3) is 0 Å². The van der Waals surface area contributed by atoms with Gasteiger partial charge in [-0.15, -0.1) is 0 Å². The Kier molecular flexibility index (Phi) is 7.89. The number of sulfonamides is 1. The van der Waals surface area contributed by atoms with Crippen molar-refractivity contribution in [2.24, 2.45) is 5.92 Å². The molecule has 2 aromatic carbocycles. The molecule has 0 spiro atoms. The van der Waals surface area contributed by atoms with E-state index in [2.05, 4.69) is 31.3 Å². The highest BCUT2D eigenvalue weighted by molar-refractivity contribution is 7.89. The Bertz CT molecular complexity index is 989. The smallest absolute Gasteiger partial charge is 0.224 e. The minimum Gasteiger partial charge on any atom is -0.349 e. The molecule has 1 fully saturated rings. The number of carbonyl (C=O) groups is 1. The lowest BCUT2D eigenvalue weighted by Crippen LogP contribution is -2.46. The summed E-state index contributed by atoms with van der Waals surface area (Å²) in [4.78, 5) is 12.9. The lowest BCUT2D eigenvalue weighted by molar-refractivity contribution is -0.126. The van der Waals surface area contributed by atoms with Crippen molar-refractivity contribution >= 4 is 15.9 Å². The fourth-order valence-corrected chi connectivity index (χ4v) is 5.67. The van der Waals surface area contributed by atoms with E-state index in [9.17, 15) is 13.2 Å². The highest BCUT2D eigenvalue weighted by Gasteiger charge is 2.32. The van der Waals surface area contributed by atoms with Gasteiger partial charge in [0, 0.05) is 13.1 Å². The van der Waals surface area contributed by atoms with Crippen molar-refractivity contribution in [3.05, 3.63) is 70.8 Å². The highest BCUT2D eigenvalue weighted by Crippen LogP contribution is 2.23. The van der Waals surface area contributed by atoms with Gasteiger partial charge in [-0.05, 0) is 68.7 Å². The number of piperidine rings is 1. The van der Waals surface area contributed by atoms with Crippen LogP contribution in [-0.2, 0) is 21.2 Å². The van der Waals surface area contributed by atoms with E-state index in [-0.39, 0.29) is 30.2 Å². The van der Waals surface area contributed by atoms with Gasteiger partial charge in [-0.3, -0.25) is 4.79 Å². The molecule has 0 saturated carbocycles. The Balaban J connectivity index is 1.54. The number of carbonyl (C=O) groups excluding carboxylic acids is 1. The molecule has 168 valence electrons. The van der Waals surface area contributed by atoms with Crippen LogP contribution in [0, 0.1) is 19.8 Å². The van der Waals surface area contributed by atoms with Crippen LogP contribution in [0.15, 0.2) is 48.5 Å². The Morgan fingerprint density at radius 3 is 2.58 bits per heavy atom. The predicted octanol–water partition coefficient (Wildman–Crippen LogP) is 4.16. The van der Waals surface area contributed by atoms with E-state index in [0.717, 1.165) is 24.0 Å². The first-order valence-corrected chi connectivity index (χ1v) is 12.8. The van der Waals surface area contributed by atoms with Crippen LogP contribution < -0.4 is 5.32 Å². The van der Waals surface area contributed by atoms with Gasteiger partial charge in [0.25, 0.3) is 0 Å². The second-order valence-electron chi connectivity index (χ2n) is 8.68. The average Bonchev–Trinajstić information content (AvgIpc) is 2.76. The monoisotopic (exact) mass is 442 g/mol. The third-order valence-corrected chi connectivity index (χ3v) is 8.17. The van der Waals surface area contributed by atoms with Crippen molar-refractivity contribution in [3.63, 3.8) is 0 Å². The summed E-state index contributed by atoms with van der Waals surface area (Å²) in [6.45, 7) is 6.89. The van der Waals surface area contributed by atoms with E-state index >= 15 is 0 Å². The quantitative estimate of drug-likeness (QED) is 0.668. The van der Waals surface area contributed by atoms with Crippen molar-refractivity contribution < 1.29 is 13.2 Å². The van der Waals surface area contributed by atoms with E-state index < -0.39 is 10.0 Å². The van der Waals surface area contributed by atoms with Gasteiger partial charge in [0.15, 0.2) is 0 Å². The SMILES string of the molecule is Cc1ccc(C(C)NC(=O)C2CCCN(S(=O)(=O)CCCc3ccccc3)C2)cc1C. The molecule has 1 aliphatic rings. The van der Waals surface area contributed by atoms with Gasteiger partial charge < -0.3 is 5.32 Å². The van der Waals surface area contributed by atoms with Crippen LogP contribution >= 0.6 is 0 Å². The summed E-state index contributed by atoms with van der Waals surface area (Å²) in [7, 11) is -3.36. The predicted molar refractivity (Wildman–Crippen MR) is 125 cm³/mol. The third kappa shape index (κ3) is 6.40. The molecule has 1 amide bonds. The first-order chi connectivity index (χ1) is 14.8. The van der Waals surface area contributed by atoms with Gasteiger partial charge in [-0.25, -0.2) is 12.7 Å². The second kappa shape index (κ2) is 10.4. The maximum Gasteiger partial charge on any atom is 0.224 e. The molecular formula is C25H34N2O3S. The van der Waals surface area contributed by atoms with E-state index in [4.69, 9.17) is 0 Å². The number of aryl methyl sites for hydroxylation is 3. The van der Waals surface area contributed by atoms with Crippen molar-refractivity contribution in [3.8, 4) is 0 Å². The number of hydrogen-bond donors (Lipinski definition) is 1. The molecule has 2 unspecified atom stereocenters. The Morgan fingerprint density at radius 2 is 1.87 bits per heavy atom. The molecule has 6 heteroatoms. The number of rotatable bonds is 8. The van der Waals surface area contributed by atoms with Crippen LogP contribution in [0.1, 0.15) is 54.5 Å². The molecule has 1 heterocycles. The van der Waals surface area contributed by atoms with Crippen LogP contribution in [0.4, 0.5) is 0 Å². The molecule has 5 nitrogen and oxygen atoms in total. The summed E-state index contributed by atoms with van der Waals surface area (Å²) >= 11 is 0. The molecule has 31 heavy (non-hydrogen) atoms. The zero-order valence-corrected chi connectivity index (χ0v) is 19.6. The number of nitrogens with one attached hydrogen (secondary N) is 1. The zero-order chi connectivity index (χ0) is 22.4. The van der Waals surface area contributed by atoms with Crippen LogP contribution in [-0.4, -0.2) is 37.5 Å². The standard InChI is InChI=1S/C25H34N2O3S/c1-19-13-14-23(17-20(19)2)21(3)26-25(28)24-12-7-15-27(18-24)31(29,30)16-8-11-22-9-5-4-6-10-22/h4-6,9-10,13-14,17,21,24H,7-8,11-12,15-16,18H2,1-3H3,(H,26,28). The average molecular weight is 443 g/mol. The van der Waals surface area contributed by atoms with Crippen LogP contribution in [0.3, 0.4) is 0 Å². The van der Waals surface area contributed by atoms with Gasteiger partial charge in [-0.1, -0.05) is 48.5 Å². The van der Waals surface area contributed by atoms with Gasteiger partial charge in [0.2, 0.25) is 15.9 Å². The lowest BCUT2D eigenvalue weighted by atomic mass is 9.97. The van der Waals surface area contributed by atoms with E-state index in [1.54, 1.807) is 0 Å². The maximum absolute atomic E-state index is 12.9. The number of benzene rings is 2. The summed E-state index contributed by atoms with van der Waals surface area (Å²) in [6.07, 6.45) is 2.77. The number of nitrogens with zero attached hydrogens (tertiary/aromatic N) is 1. The zero-order valence-electron chi connectivity index (χ0n) is 18.8. The highest BCUT2D eigenvalue weighted by atomic mass is 32.2. The van der Waals surface area contributed by atoms with Gasteiger partial charge in [0.1, 0.15) is 0 Å². The molecule has 1 aliphatic heterocycles. The Morgan fingerprint density at radius 1 is 1.13 bits per heavy atom. The van der Waals surface area contributed by atoms with Crippen molar-refractivity contribution in [2.75, 3.05) is 18.8 Å². The van der Waals surface area contributed by atoms with Crippen molar-refractivity contribution in [1.29, 1.82) is 0 Å². The molecule has 0 bridgehead atoms. The minimum atomic E-state index is -3.36. The second-order valence-corrected chi connectivity index (χ2v) is 10.8. The largest absolute Gasteiger partial charge is 0.349 e. The van der Waals surface area contributed by atoms with Crippen molar-refractivity contribution in [1.82, 2.24) is 9.62 Å². The lowest BCUT2D eigenvalue weighted by Gasteiger charge is -2.32. The maximum atomic E-state index is 12.9. The Labute approximate surface area is 186 Å². The molecule has 1 N–H and O–H groups in total. The van der Waals surface area contributed by atoms with E-state index in [1.807, 2.05) is 43.3 Å². The third-order valence-electron chi connectivity index (χ3n) is 6.25. The van der Waals surface area contributed by atoms with Crippen molar-refractivity contribution in [2.45, 2.75) is 52.5 Å². The molecule has 2 aromatic rings.